The van der Waals surface area contributed by atoms with E-state index < -0.39 is 140 Å². The van der Waals surface area contributed by atoms with Crippen molar-refractivity contribution in [1.29, 1.82) is 0 Å². The Hall–Kier alpha value is -6.40. The van der Waals surface area contributed by atoms with E-state index in [0.29, 0.717) is 0 Å². The van der Waals surface area contributed by atoms with Gasteiger partial charge < -0.3 is 31.9 Å². The number of carbonyl (C=O) groups is 6. The van der Waals surface area contributed by atoms with Crippen LogP contribution in [0.15, 0.2) is 18.2 Å². The molecule has 0 fully saturated rings. The number of amides is 6. The van der Waals surface area contributed by atoms with Crippen molar-refractivity contribution in [3.8, 4) is 0 Å². The van der Waals surface area contributed by atoms with Crippen LogP contribution >= 0.6 is 0 Å². The first kappa shape index (κ1) is 49.0. The molecule has 332 valence electrons. The molecule has 0 heterocycles. The molecule has 0 aliphatic carbocycles. The predicted molar refractivity (Wildman–Crippen MR) is 185 cm³/mol. The van der Waals surface area contributed by atoms with Crippen LogP contribution in [0.4, 0.5) is 52.7 Å². The highest BCUT2D eigenvalue weighted by Crippen LogP contribution is 2.21. The molecule has 3 aromatic rings. The zero-order chi connectivity index (χ0) is 46.0. The van der Waals surface area contributed by atoms with E-state index in [4.69, 9.17) is 0 Å². The summed E-state index contributed by atoms with van der Waals surface area (Å²) in [5, 5.41) is 13.0. The van der Waals surface area contributed by atoms with Gasteiger partial charge in [-0.2, -0.15) is 0 Å². The maximum atomic E-state index is 14.0. The summed E-state index contributed by atoms with van der Waals surface area (Å²) in [6.45, 7) is 2.13. The van der Waals surface area contributed by atoms with Gasteiger partial charge in [0.1, 0.15) is 18.1 Å². The molecule has 0 saturated carbocycles. The zero-order valence-electron chi connectivity index (χ0n) is 31.6. The second kappa shape index (κ2) is 21.2. The van der Waals surface area contributed by atoms with Gasteiger partial charge in [-0.05, 0) is 39.0 Å². The molecule has 61 heavy (non-hydrogen) atoms. The van der Waals surface area contributed by atoms with Crippen molar-refractivity contribution in [2.45, 2.75) is 38.9 Å². The van der Waals surface area contributed by atoms with Gasteiger partial charge in [0.15, 0.2) is 69.8 Å². The number of nitrogens with zero attached hydrogens (tertiary/aromatic N) is 1. The molecular formula is C36H33F12N7O6. The van der Waals surface area contributed by atoms with E-state index >= 15 is 0 Å². The molecule has 0 spiro atoms. The van der Waals surface area contributed by atoms with Gasteiger partial charge >= 0.3 is 0 Å². The summed E-state index contributed by atoms with van der Waals surface area (Å²) in [6.07, 6.45) is 0. The Balaban J connectivity index is 1.62. The lowest BCUT2D eigenvalue weighted by Gasteiger charge is -2.24. The van der Waals surface area contributed by atoms with Gasteiger partial charge in [-0.25, -0.2) is 52.7 Å². The number of halogens is 12. The average Bonchev–Trinajstić information content (AvgIpc) is 3.21. The molecule has 0 unspecified atom stereocenters. The van der Waals surface area contributed by atoms with Crippen molar-refractivity contribution < 1.29 is 81.5 Å². The summed E-state index contributed by atoms with van der Waals surface area (Å²) in [5.41, 5.74) is -3.74. The monoisotopic (exact) mass is 887 g/mol. The molecule has 0 aromatic heterocycles. The normalized spacial score (nSPS) is 12.6. The van der Waals surface area contributed by atoms with Crippen LogP contribution in [0.25, 0.3) is 0 Å². The van der Waals surface area contributed by atoms with Crippen LogP contribution in [0.2, 0.25) is 0 Å². The third-order valence-electron chi connectivity index (χ3n) is 8.45. The molecule has 3 aromatic carbocycles. The van der Waals surface area contributed by atoms with Crippen molar-refractivity contribution in [1.82, 2.24) is 36.8 Å². The molecule has 3 rings (SSSR count). The molecule has 0 radical (unpaired) electrons. The molecule has 6 amide bonds. The summed E-state index contributed by atoms with van der Waals surface area (Å²) >= 11 is 0. The Morgan fingerprint density at radius 1 is 0.410 bits per heavy atom. The lowest BCUT2D eigenvalue weighted by Crippen LogP contribution is -2.50. The summed E-state index contributed by atoms with van der Waals surface area (Å²) in [5.74, 6) is -32.2. The number of nitrogens with one attached hydrogen (secondary N) is 6. The highest BCUT2D eigenvalue weighted by molar-refractivity contribution is 5.99. The van der Waals surface area contributed by atoms with E-state index in [-0.39, 0.29) is 57.5 Å². The molecule has 0 saturated heterocycles. The fourth-order valence-electron chi connectivity index (χ4n) is 5.04. The van der Waals surface area contributed by atoms with Crippen molar-refractivity contribution in [2.24, 2.45) is 0 Å². The molecule has 6 N–H and O–H groups in total. The first-order valence-corrected chi connectivity index (χ1v) is 17.4. The first-order valence-electron chi connectivity index (χ1n) is 17.4. The highest BCUT2D eigenvalue weighted by atomic mass is 19.2. The summed E-state index contributed by atoms with van der Waals surface area (Å²) in [6, 6.07) is -4.20. The highest BCUT2D eigenvalue weighted by Gasteiger charge is 2.28. The Morgan fingerprint density at radius 3 is 0.869 bits per heavy atom. The summed E-state index contributed by atoms with van der Waals surface area (Å²) < 4.78 is 164. The Bertz CT molecular complexity index is 1980. The van der Waals surface area contributed by atoms with Crippen molar-refractivity contribution in [3.63, 3.8) is 0 Å². The smallest absolute Gasteiger partial charge is 0.255 e. The van der Waals surface area contributed by atoms with E-state index in [2.05, 4.69) is 16.0 Å². The zero-order valence-corrected chi connectivity index (χ0v) is 31.6. The fraction of sp³-hybridized carbons (Fsp3) is 0.333. The van der Waals surface area contributed by atoms with Crippen LogP contribution in [0, 0.1) is 69.8 Å². The van der Waals surface area contributed by atoms with Crippen molar-refractivity contribution in [2.75, 3.05) is 39.3 Å². The maximum absolute atomic E-state index is 14.0. The van der Waals surface area contributed by atoms with Crippen LogP contribution < -0.4 is 31.9 Å². The molecule has 25 heteroatoms. The third-order valence-corrected chi connectivity index (χ3v) is 8.45. The van der Waals surface area contributed by atoms with Gasteiger partial charge in [0, 0.05) is 39.3 Å². The minimum absolute atomic E-state index is 0.0771. The Labute approximate surface area is 336 Å². The molecule has 3 atom stereocenters. The lowest BCUT2D eigenvalue weighted by molar-refractivity contribution is -0.123. The number of hydrogen-bond acceptors (Lipinski definition) is 7. The number of rotatable bonds is 18. The topological polar surface area (TPSA) is 178 Å². The summed E-state index contributed by atoms with van der Waals surface area (Å²) in [7, 11) is 0. The molecule has 0 aliphatic rings. The van der Waals surface area contributed by atoms with Gasteiger partial charge in [-0.3, -0.25) is 33.7 Å². The third kappa shape index (κ3) is 12.3. The number of hydrogen-bond donors (Lipinski definition) is 6. The predicted octanol–water partition coefficient (Wildman–Crippen LogP) is 2.76. The van der Waals surface area contributed by atoms with E-state index in [1.807, 2.05) is 16.0 Å². The van der Waals surface area contributed by atoms with E-state index in [0.717, 1.165) is 20.8 Å². The molecule has 0 bridgehead atoms. The van der Waals surface area contributed by atoms with Crippen LogP contribution in [-0.4, -0.2) is 97.7 Å². The van der Waals surface area contributed by atoms with Crippen LogP contribution in [0.5, 0.6) is 0 Å². The minimum atomic E-state index is -2.27. The van der Waals surface area contributed by atoms with E-state index in [1.54, 1.807) is 0 Å². The fourth-order valence-corrected chi connectivity index (χ4v) is 5.04. The molecule has 0 aliphatic heterocycles. The maximum Gasteiger partial charge on any atom is 0.255 e. The second-order valence-electron chi connectivity index (χ2n) is 12.8. The Kier molecular flexibility index (Phi) is 17.0. The SMILES string of the molecule is C[C@H](NC(=O)c1cc(F)c(F)c(F)c1F)C(=O)NCCN(CCNC(=O)[C@H](C)NC(=O)c1cc(F)c(F)c(F)c1F)CCNC(=O)[C@H](C)NC(=O)c1cc(F)c(F)c(F)c1F. The molecular weight excluding hydrogens is 854 g/mol. The number of benzene rings is 3. The lowest BCUT2D eigenvalue weighted by atomic mass is 10.1. The van der Waals surface area contributed by atoms with E-state index in [1.165, 1.54) is 4.90 Å². The van der Waals surface area contributed by atoms with E-state index in [9.17, 15) is 81.5 Å². The largest absolute Gasteiger partial charge is 0.353 e. The first-order chi connectivity index (χ1) is 28.5. The Morgan fingerprint density at radius 2 is 0.639 bits per heavy atom. The number of carbonyl (C=O) groups excluding carboxylic acids is 6. The van der Waals surface area contributed by atoms with Gasteiger partial charge in [0.25, 0.3) is 17.7 Å². The minimum Gasteiger partial charge on any atom is -0.353 e. The quantitative estimate of drug-likeness (QED) is 0.0647. The molecule has 13 nitrogen and oxygen atoms in total. The second-order valence-corrected chi connectivity index (χ2v) is 12.8. The van der Waals surface area contributed by atoms with Gasteiger partial charge in [-0.1, -0.05) is 0 Å². The van der Waals surface area contributed by atoms with Crippen molar-refractivity contribution in [3.05, 3.63) is 105 Å². The standard InChI is InChI=1S/C36H33F12N7O6/c1-13(52-34(59)16-10-19(37)25(43)28(46)22(16)40)31(56)49-4-7-55(8-5-50-32(57)14(2)53-35(60)17-11-20(38)26(44)29(47)23(17)41)9-6-51-33(58)15(3)54-36(61)18-12-21(39)27(45)30(48)24(18)42/h10-15H,4-9H2,1-3H3,(H,49,56)(H,50,57)(H,51,58)(H,52,59)(H,53,60)(H,54,61)/t13-,14-,15-/m0/s1. The average molecular weight is 888 g/mol. The van der Waals surface area contributed by atoms with Gasteiger partial charge in [-0.15, -0.1) is 0 Å². The van der Waals surface area contributed by atoms with Gasteiger partial charge in [0.2, 0.25) is 17.7 Å². The van der Waals surface area contributed by atoms with Gasteiger partial charge in [0.05, 0.1) is 16.7 Å². The summed E-state index contributed by atoms with van der Waals surface area (Å²) in [4.78, 5) is 76.5. The van der Waals surface area contributed by atoms with Crippen LogP contribution in [0.3, 0.4) is 0 Å². The van der Waals surface area contributed by atoms with Crippen LogP contribution in [-0.2, 0) is 14.4 Å². The van der Waals surface area contributed by atoms with Crippen molar-refractivity contribution >= 4 is 35.4 Å². The van der Waals surface area contributed by atoms with Crippen LogP contribution in [0.1, 0.15) is 51.8 Å².